The summed E-state index contributed by atoms with van der Waals surface area (Å²) in [4.78, 5) is 10.9. The standard InChI is InChI=1S/C8H17NO/c1-3-7(6-9)5-8(10)4-2/h7H,3-6,9H2,1-2H3. The maximum Gasteiger partial charge on any atom is 0.132 e. The fourth-order valence-corrected chi connectivity index (χ4v) is 0.861. The molecule has 2 nitrogen and oxygen atoms in total. The molecule has 0 aromatic heterocycles. The normalized spacial score (nSPS) is 13.1. The van der Waals surface area contributed by atoms with Crippen molar-refractivity contribution in [3.05, 3.63) is 0 Å². The van der Waals surface area contributed by atoms with Gasteiger partial charge in [-0.15, -0.1) is 0 Å². The van der Waals surface area contributed by atoms with Crippen molar-refractivity contribution in [3.63, 3.8) is 0 Å². The zero-order valence-electron chi connectivity index (χ0n) is 6.89. The quantitative estimate of drug-likeness (QED) is 0.631. The molecule has 10 heavy (non-hydrogen) atoms. The lowest BCUT2D eigenvalue weighted by atomic mass is 9.99. The molecule has 0 saturated heterocycles. The van der Waals surface area contributed by atoms with Crippen LogP contribution in [0.15, 0.2) is 0 Å². The van der Waals surface area contributed by atoms with Gasteiger partial charge < -0.3 is 5.73 Å². The number of carbonyl (C=O) groups is 1. The number of nitrogens with two attached hydrogens (primary N) is 1. The van der Waals surface area contributed by atoms with Gasteiger partial charge in [0.2, 0.25) is 0 Å². The van der Waals surface area contributed by atoms with Crippen LogP contribution in [0.2, 0.25) is 0 Å². The highest BCUT2D eigenvalue weighted by Gasteiger charge is 2.07. The van der Waals surface area contributed by atoms with Crippen molar-refractivity contribution in [1.82, 2.24) is 0 Å². The first-order chi connectivity index (χ1) is 4.74. The molecule has 0 aliphatic rings. The average molecular weight is 143 g/mol. The van der Waals surface area contributed by atoms with E-state index >= 15 is 0 Å². The third kappa shape index (κ3) is 3.62. The molecule has 0 amide bonds. The molecule has 60 valence electrons. The largest absolute Gasteiger partial charge is 0.330 e. The summed E-state index contributed by atoms with van der Waals surface area (Å²) in [5.41, 5.74) is 5.43. The van der Waals surface area contributed by atoms with Crippen LogP contribution >= 0.6 is 0 Å². The Morgan fingerprint density at radius 2 is 2.10 bits per heavy atom. The predicted molar refractivity (Wildman–Crippen MR) is 42.8 cm³/mol. The summed E-state index contributed by atoms with van der Waals surface area (Å²) in [5.74, 6) is 0.741. The number of ketones is 1. The first-order valence-electron chi connectivity index (χ1n) is 3.96. The second-order valence-electron chi connectivity index (χ2n) is 2.61. The molecular weight excluding hydrogens is 126 g/mol. The fourth-order valence-electron chi connectivity index (χ4n) is 0.861. The van der Waals surface area contributed by atoms with Crippen molar-refractivity contribution in [1.29, 1.82) is 0 Å². The van der Waals surface area contributed by atoms with E-state index in [2.05, 4.69) is 6.92 Å². The van der Waals surface area contributed by atoms with Gasteiger partial charge in [0.05, 0.1) is 0 Å². The van der Waals surface area contributed by atoms with Crippen LogP contribution in [-0.4, -0.2) is 12.3 Å². The molecule has 0 aliphatic carbocycles. The topological polar surface area (TPSA) is 43.1 Å². The van der Waals surface area contributed by atoms with Crippen molar-refractivity contribution in [2.24, 2.45) is 11.7 Å². The zero-order chi connectivity index (χ0) is 7.98. The Bertz CT molecular complexity index is 97.4. The lowest BCUT2D eigenvalue weighted by Gasteiger charge is -2.08. The average Bonchev–Trinajstić information content (AvgIpc) is 1.99. The Morgan fingerprint density at radius 3 is 2.40 bits per heavy atom. The van der Waals surface area contributed by atoms with Gasteiger partial charge in [0.25, 0.3) is 0 Å². The number of hydrogen-bond acceptors (Lipinski definition) is 2. The molecule has 1 atom stereocenters. The summed E-state index contributed by atoms with van der Waals surface area (Å²) in [5, 5.41) is 0. The first-order valence-corrected chi connectivity index (χ1v) is 3.96. The molecule has 2 N–H and O–H groups in total. The second kappa shape index (κ2) is 5.42. The molecule has 1 unspecified atom stereocenters. The summed E-state index contributed by atoms with van der Waals surface area (Å²) in [6, 6.07) is 0. The van der Waals surface area contributed by atoms with Crippen molar-refractivity contribution < 1.29 is 4.79 Å². The molecule has 0 bridgehead atoms. The monoisotopic (exact) mass is 143 g/mol. The van der Waals surface area contributed by atoms with Crippen LogP contribution in [0.3, 0.4) is 0 Å². The third-order valence-electron chi connectivity index (χ3n) is 1.82. The summed E-state index contributed by atoms with van der Waals surface area (Å²) in [7, 11) is 0. The summed E-state index contributed by atoms with van der Waals surface area (Å²) < 4.78 is 0. The van der Waals surface area contributed by atoms with E-state index in [0.717, 1.165) is 6.42 Å². The molecule has 0 heterocycles. The minimum atomic E-state index is 0.331. The second-order valence-corrected chi connectivity index (χ2v) is 2.61. The maximum absolute atomic E-state index is 10.9. The molecular formula is C8H17NO. The molecule has 0 radical (unpaired) electrons. The number of rotatable bonds is 5. The highest BCUT2D eigenvalue weighted by atomic mass is 16.1. The number of Topliss-reactive ketones (excluding diaryl/α,β-unsaturated/α-hetero) is 1. The van der Waals surface area contributed by atoms with Crippen molar-refractivity contribution in [2.45, 2.75) is 33.1 Å². The van der Waals surface area contributed by atoms with E-state index < -0.39 is 0 Å². The van der Waals surface area contributed by atoms with Gasteiger partial charge in [-0.1, -0.05) is 20.3 Å². The van der Waals surface area contributed by atoms with E-state index in [0.29, 0.717) is 31.1 Å². The Balaban J connectivity index is 3.52. The van der Waals surface area contributed by atoms with Crippen LogP contribution in [0.1, 0.15) is 33.1 Å². The van der Waals surface area contributed by atoms with Crippen LogP contribution < -0.4 is 5.73 Å². The lowest BCUT2D eigenvalue weighted by Crippen LogP contribution is -2.16. The Labute approximate surface area is 62.8 Å². The fraction of sp³-hybridized carbons (Fsp3) is 0.875. The minimum Gasteiger partial charge on any atom is -0.330 e. The van der Waals surface area contributed by atoms with Crippen molar-refractivity contribution >= 4 is 5.78 Å². The number of hydrogen-bond donors (Lipinski definition) is 1. The van der Waals surface area contributed by atoms with Gasteiger partial charge in [-0.05, 0) is 12.5 Å². The van der Waals surface area contributed by atoms with E-state index in [9.17, 15) is 4.79 Å². The smallest absolute Gasteiger partial charge is 0.132 e. The van der Waals surface area contributed by atoms with Crippen LogP contribution in [-0.2, 0) is 4.79 Å². The van der Waals surface area contributed by atoms with Gasteiger partial charge in [0, 0.05) is 12.8 Å². The van der Waals surface area contributed by atoms with Crippen LogP contribution in [0.25, 0.3) is 0 Å². The van der Waals surface area contributed by atoms with Gasteiger partial charge in [-0.2, -0.15) is 0 Å². The SMILES string of the molecule is CCC(=O)CC(CC)CN. The maximum atomic E-state index is 10.9. The van der Waals surface area contributed by atoms with E-state index in [1.54, 1.807) is 0 Å². The molecule has 0 rings (SSSR count). The van der Waals surface area contributed by atoms with Crippen molar-refractivity contribution in [3.8, 4) is 0 Å². The molecule has 0 fully saturated rings. The van der Waals surface area contributed by atoms with Crippen LogP contribution in [0, 0.1) is 5.92 Å². The Morgan fingerprint density at radius 1 is 1.50 bits per heavy atom. The molecule has 2 heteroatoms. The van der Waals surface area contributed by atoms with Gasteiger partial charge in [0.1, 0.15) is 5.78 Å². The van der Waals surface area contributed by atoms with E-state index in [-0.39, 0.29) is 0 Å². The molecule has 0 saturated carbocycles. The summed E-state index contributed by atoms with van der Waals surface area (Å²) in [6.45, 7) is 4.61. The molecule has 0 aliphatic heterocycles. The third-order valence-corrected chi connectivity index (χ3v) is 1.82. The van der Waals surface area contributed by atoms with Gasteiger partial charge in [0.15, 0.2) is 0 Å². The molecule has 0 aromatic rings. The summed E-state index contributed by atoms with van der Waals surface area (Å²) >= 11 is 0. The Kier molecular flexibility index (Phi) is 5.22. The Hall–Kier alpha value is -0.370. The van der Waals surface area contributed by atoms with E-state index in [4.69, 9.17) is 5.73 Å². The van der Waals surface area contributed by atoms with E-state index in [1.807, 2.05) is 6.92 Å². The lowest BCUT2D eigenvalue weighted by molar-refractivity contribution is -0.119. The highest BCUT2D eigenvalue weighted by molar-refractivity contribution is 5.78. The molecule has 0 spiro atoms. The predicted octanol–water partition coefficient (Wildman–Crippen LogP) is 1.34. The van der Waals surface area contributed by atoms with Crippen LogP contribution in [0.4, 0.5) is 0 Å². The molecule has 0 aromatic carbocycles. The number of carbonyl (C=O) groups excluding carboxylic acids is 1. The van der Waals surface area contributed by atoms with E-state index in [1.165, 1.54) is 0 Å². The highest BCUT2D eigenvalue weighted by Crippen LogP contribution is 2.07. The summed E-state index contributed by atoms with van der Waals surface area (Å²) in [6.07, 6.45) is 2.34. The van der Waals surface area contributed by atoms with Crippen LogP contribution in [0.5, 0.6) is 0 Å². The zero-order valence-corrected chi connectivity index (χ0v) is 6.89. The van der Waals surface area contributed by atoms with Crippen molar-refractivity contribution in [2.75, 3.05) is 6.54 Å². The van der Waals surface area contributed by atoms with Gasteiger partial charge in [-0.25, -0.2) is 0 Å². The first kappa shape index (κ1) is 9.63. The van der Waals surface area contributed by atoms with Gasteiger partial charge in [-0.3, -0.25) is 4.79 Å². The van der Waals surface area contributed by atoms with Gasteiger partial charge >= 0.3 is 0 Å². The minimum absolute atomic E-state index is 0.331.